The summed E-state index contributed by atoms with van der Waals surface area (Å²) in [5.41, 5.74) is 1.66. The van der Waals surface area contributed by atoms with Crippen LogP contribution in [-0.2, 0) is 4.79 Å². The third-order valence-electron chi connectivity index (χ3n) is 2.78. The van der Waals surface area contributed by atoms with Gasteiger partial charge in [0, 0.05) is 23.3 Å². The van der Waals surface area contributed by atoms with Crippen molar-refractivity contribution in [2.75, 3.05) is 5.32 Å². The van der Waals surface area contributed by atoms with Crippen LogP contribution in [0.15, 0.2) is 36.5 Å². The highest BCUT2D eigenvalue weighted by atomic mass is 35.5. The summed E-state index contributed by atoms with van der Waals surface area (Å²) < 4.78 is 1.80. The maximum absolute atomic E-state index is 11.9. The molecule has 5 heteroatoms. The second-order valence-electron chi connectivity index (χ2n) is 4.55. The van der Waals surface area contributed by atoms with Crippen LogP contribution in [0.4, 0.5) is 5.69 Å². The number of hydrogen-bond acceptors (Lipinski definition) is 2. The summed E-state index contributed by atoms with van der Waals surface area (Å²) in [6.45, 7) is 3.89. The first-order chi connectivity index (χ1) is 9.04. The Kier molecular flexibility index (Phi) is 4.22. The van der Waals surface area contributed by atoms with E-state index in [1.807, 2.05) is 32.2 Å². The van der Waals surface area contributed by atoms with E-state index in [2.05, 4.69) is 10.4 Å². The zero-order valence-corrected chi connectivity index (χ0v) is 11.7. The van der Waals surface area contributed by atoms with E-state index in [1.54, 1.807) is 22.9 Å². The van der Waals surface area contributed by atoms with Crippen molar-refractivity contribution in [1.82, 2.24) is 9.78 Å². The molecule has 2 rings (SSSR count). The number of hydrogen-bond donors (Lipinski definition) is 1. The molecule has 2 aromatic rings. The monoisotopic (exact) mass is 277 g/mol. The van der Waals surface area contributed by atoms with Crippen LogP contribution in [0.5, 0.6) is 0 Å². The fourth-order valence-electron chi connectivity index (χ4n) is 1.82. The van der Waals surface area contributed by atoms with Gasteiger partial charge in [0.25, 0.3) is 0 Å². The molecule has 1 heterocycles. The molecule has 0 aliphatic carbocycles. The van der Waals surface area contributed by atoms with E-state index >= 15 is 0 Å². The van der Waals surface area contributed by atoms with Gasteiger partial charge >= 0.3 is 0 Å². The Hall–Kier alpha value is -1.81. The summed E-state index contributed by atoms with van der Waals surface area (Å²) in [5.74, 6) is -0.0529. The Balaban J connectivity index is 1.94. The largest absolute Gasteiger partial charge is 0.326 e. The van der Waals surface area contributed by atoms with Gasteiger partial charge in [-0.05, 0) is 38.1 Å². The van der Waals surface area contributed by atoms with Crippen molar-refractivity contribution in [3.63, 3.8) is 0 Å². The first-order valence-corrected chi connectivity index (χ1v) is 6.49. The second kappa shape index (κ2) is 5.89. The van der Waals surface area contributed by atoms with E-state index < -0.39 is 0 Å². The minimum absolute atomic E-state index is 0.0212. The molecule has 19 heavy (non-hydrogen) atoms. The van der Waals surface area contributed by atoms with Crippen LogP contribution < -0.4 is 5.32 Å². The molecule has 4 nitrogen and oxygen atoms in total. The number of carbonyl (C=O) groups is 1. The molecule has 0 spiro atoms. The SMILES string of the molecule is Cc1ccn([C@H](C)CC(=O)Nc2cccc(Cl)c2)n1. The lowest BCUT2D eigenvalue weighted by Gasteiger charge is -2.12. The maximum Gasteiger partial charge on any atom is 0.226 e. The van der Waals surface area contributed by atoms with Gasteiger partial charge in [0.15, 0.2) is 0 Å². The van der Waals surface area contributed by atoms with Gasteiger partial charge in [-0.3, -0.25) is 9.48 Å². The first kappa shape index (κ1) is 13.6. The molecule has 0 aliphatic rings. The number of benzene rings is 1. The Labute approximate surface area is 117 Å². The molecule has 0 unspecified atom stereocenters. The summed E-state index contributed by atoms with van der Waals surface area (Å²) in [6.07, 6.45) is 2.25. The van der Waals surface area contributed by atoms with Crippen molar-refractivity contribution in [2.45, 2.75) is 26.3 Å². The van der Waals surface area contributed by atoms with Crippen molar-refractivity contribution < 1.29 is 4.79 Å². The number of aromatic nitrogens is 2. The van der Waals surface area contributed by atoms with E-state index in [4.69, 9.17) is 11.6 Å². The highest BCUT2D eigenvalue weighted by molar-refractivity contribution is 6.30. The molecule has 1 atom stereocenters. The van der Waals surface area contributed by atoms with Crippen molar-refractivity contribution in [3.8, 4) is 0 Å². The van der Waals surface area contributed by atoms with Gasteiger partial charge in [0.2, 0.25) is 5.91 Å². The highest BCUT2D eigenvalue weighted by Gasteiger charge is 2.11. The van der Waals surface area contributed by atoms with Gasteiger partial charge in [0.05, 0.1) is 11.7 Å². The topological polar surface area (TPSA) is 46.9 Å². The average Bonchev–Trinajstić information content (AvgIpc) is 2.75. The van der Waals surface area contributed by atoms with E-state index in [0.29, 0.717) is 17.1 Å². The molecule has 1 aromatic heterocycles. The fourth-order valence-corrected chi connectivity index (χ4v) is 2.01. The molecule has 0 saturated carbocycles. The second-order valence-corrected chi connectivity index (χ2v) is 4.99. The van der Waals surface area contributed by atoms with Crippen molar-refractivity contribution in [1.29, 1.82) is 0 Å². The molecule has 0 radical (unpaired) electrons. The normalized spacial score (nSPS) is 12.2. The zero-order valence-electron chi connectivity index (χ0n) is 10.9. The molecular weight excluding hydrogens is 262 g/mol. The van der Waals surface area contributed by atoms with Gasteiger partial charge in [-0.2, -0.15) is 5.10 Å². The number of nitrogens with zero attached hydrogens (tertiary/aromatic N) is 2. The van der Waals surface area contributed by atoms with E-state index in [1.165, 1.54) is 0 Å². The lowest BCUT2D eigenvalue weighted by molar-refractivity contribution is -0.116. The number of rotatable bonds is 4. The lowest BCUT2D eigenvalue weighted by Crippen LogP contribution is -2.18. The number of anilines is 1. The highest BCUT2D eigenvalue weighted by Crippen LogP contribution is 2.16. The van der Waals surface area contributed by atoms with E-state index in [-0.39, 0.29) is 11.9 Å². The van der Waals surface area contributed by atoms with Crippen LogP contribution in [0.25, 0.3) is 0 Å². The minimum Gasteiger partial charge on any atom is -0.326 e. The molecule has 1 amide bonds. The quantitative estimate of drug-likeness (QED) is 0.931. The molecule has 0 saturated heterocycles. The van der Waals surface area contributed by atoms with E-state index in [0.717, 1.165) is 5.69 Å². The molecule has 0 aliphatic heterocycles. The van der Waals surface area contributed by atoms with Crippen molar-refractivity contribution >= 4 is 23.2 Å². The predicted octanol–water partition coefficient (Wildman–Crippen LogP) is 3.43. The first-order valence-electron chi connectivity index (χ1n) is 6.12. The average molecular weight is 278 g/mol. The molecule has 1 N–H and O–H groups in total. The van der Waals surface area contributed by atoms with Crippen LogP contribution in [0.1, 0.15) is 25.1 Å². The lowest BCUT2D eigenvalue weighted by atomic mass is 10.2. The van der Waals surface area contributed by atoms with Crippen LogP contribution in [-0.4, -0.2) is 15.7 Å². The van der Waals surface area contributed by atoms with Gasteiger partial charge in [-0.25, -0.2) is 0 Å². The third kappa shape index (κ3) is 3.83. The van der Waals surface area contributed by atoms with Gasteiger partial charge in [-0.15, -0.1) is 0 Å². The molecule has 0 fully saturated rings. The standard InChI is InChI=1S/C14H16ClN3O/c1-10-6-7-18(17-10)11(2)8-14(19)16-13-5-3-4-12(15)9-13/h3-7,9,11H,8H2,1-2H3,(H,16,19)/t11-/m1/s1. The summed E-state index contributed by atoms with van der Waals surface area (Å²) in [4.78, 5) is 11.9. The summed E-state index contributed by atoms with van der Waals surface area (Å²) in [7, 11) is 0. The Morgan fingerprint density at radius 2 is 2.26 bits per heavy atom. The Morgan fingerprint density at radius 3 is 2.89 bits per heavy atom. The number of aryl methyl sites for hydroxylation is 1. The predicted molar refractivity (Wildman–Crippen MR) is 76.4 cm³/mol. The number of halogens is 1. The number of amides is 1. The van der Waals surface area contributed by atoms with Crippen LogP contribution in [0, 0.1) is 6.92 Å². The summed E-state index contributed by atoms with van der Waals surface area (Å²) in [5, 5.41) is 7.73. The van der Waals surface area contributed by atoms with Crippen LogP contribution >= 0.6 is 11.6 Å². The molecule has 0 bridgehead atoms. The third-order valence-corrected chi connectivity index (χ3v) is 3.02. The summed E-state index contributed by atoms with van der Waals surface area (Å²) >= 11 is 5.87. The van der Waals surface area contributed by atoms with Gasteiger partial charge in [0.1, 0.15) is 0 Å². The van der Waals surface area contributed by atoms with Gasteiger partial charge < -0.3 is 5.32 Å². The fraction of sp³-hybridized carbons (Fsp3) is 0.286. The smallest absolute Gasteiger partial charge is 0.226 e. The van der Waals surface area contributed by atoms with Crippen molar-refractivity contribution in [3.05, 3.63) is 47.2 Å². The minimum atomic E-state index is -0.0529. The van der Waals surface area contributed by atoms with Crippen LogP contribution in [0.3, 0.4) is 0 Å². The maximum atomic E-state index is 11.9. The van der Waals surface area contributed by atoms with E-state index in [9.17, 15) is 4.79 Å². The molecule has 1 aromatic carbocycles. The summed E-state index contributed by atoms with van der Waals surface area (Å²) in [6, 6.07) is 9.05. The number of nitrogens with one attached hydrogen (secondary N) is 1. The zero-order chi connectivity index (χ0) is 13.8. The number of carbonyl (C=O) groups excluding carboxylic acids is 1. The van der Waals surface area contributed by atoms with Crippen LogP contribution in [0.2, 0.25) is 5.02 Å². The van der Waals surface area contributed by atoms with Crippen molar-refractivity contribution in [2.24, 2.45) is 0 Å². The van der Waals surface area contributed by atoms with Gasteiger partial charge in [-0.1, -0.05) is 17.7 Å². The molecular formula is C14H16ClN3O. The molecule has 100 valence electrons. The Bertz CT molecular complexity index is 580. The Morgan fingerprint density at radius 1 is 1.47 bits per heavy atom.